The summed E-state index contributed by atoms with van der Waals surface area (Å²) in [6, 6.07) is 17.4. The molecule has 0 saturated carbocycles. The van der Waals surface area contributed by atoms with Gasteiger partial charge in [-0.05, 0) is 31.0 Å². The molecule has 0 radical (unpaired) electrons. The van der Waals surface area contributed by atoms with E-state index < -0.39 is 0 Å². The van der Waals surface area contributed by atoms with E-state index in [9.17, 15) is 4.79 Å². The molecule has 2 aromatic carbocycles. The van der Waals surface area contributed by atoms with E-state index in [1.807, 2.05) is 42.5 Å². The predicted molar refractivity (Wildman–Crippen MR) is 103 cm³/mol. The molecule has 2 heterocycles. The Balaban J connectivity index is 1.58. The number of benzene rings is 2. The van der Waals surface area contributed by atoms with Gasteiger partial charge >= 0.3 is 0 Å². The van der Waals surface area contributed by atoms with Crippen molar-refractivity contribution in [2.75, 3.05) is 26.9 Å². The maximum absolute atomic E-state index is 12.7. The van der Waals surface area contributed by atoms with Crippen molar-refractivity contribution in [3.63, 3.8) is 0 Å². The Morgan fingerprint density at radius 3 is 2.63 bits per heavy atom. The van der Waals surface area contributed by atoms with Crippen LogP contribution in [0.5, 0.6) is 5.75 Å². The van der Waals surface area contributed by atoms with Gasteiger partial charge in [0, 0.05) is 36.1 Å². The average Bonchev–Trinajstić information content (AvgIpc) is 3.17. The minimum Gasteiger partial charge on any atom is -0.496 e. The van der Waals surface area contributed by atoms with Crippen LogP contribution in [0, 0.1) is 0 Å². The first kappa shape index (κ1) is 17.6. The number of carbonyl (C=O) groups is 1. The van der Waals surface area contributed by atoms with E-state index in [1.54, 1.807) is 13.2 Å². The summed E-state index contributed by atoms with van der Waals surface area (Å²) in [5.41, 5.74) is 1.61. The van der Waals surface area contributed by atoms with E-state index in [-0.39, 0.29) is 11.3 Å². The summed E-state index contributed by atoms with van der Waals surface area (Å²) in [5.74, 6) is 0.975. The molecule has 1 N–H and O–H groups in total. The normalized spacial score (nSPS) is 16.2. The number of methoxy groups -OCH3 is 1. The zero-order chi connectivity index (χ0) is 18.7. The second-order valence-corrected chi connectivity index (χ2v) is 6.92. The summed E-state index contributed by atoms with van der Waals surface area (Å²) in [6.45, 7) is 1.84. The molecule has 0 spiro atoms. The molecular weight excluding hydrogens is 342 g/mol. The Hall–Kier alpha value is -2.79. The molecule has 5 nitrogen and oxygen atoms in total. The van der Waals surface area contributed by atoms with Crippen molar-refractivity contribution in [2.45, 2.75) is 18.3 Å². The zero-order valence-corrected chi connectivity index (χ0v) is 15.4. The molecular formula is C22H23NO4. The molecule has 5 heteroatoms. The molecule has 1 saturated heterocycles. The molecule has 0 atom stereocenters. The van der Waals surface area contributed by atoms with E-state index in [0.717, 1.165) is 29.5 Å². The highest BCUT2D eigenvalue weighted by molar-refractivity contribution is 5.96. The lowest BCUT2D eigenvalue weighted by Crippen LogP contribution is -2.44. The van der Waals surface area contributed by atoms with Gasteiger partial charge in [-0.1, -0.05) is 36.4 Å². The first-order chi connectivity index (χ1) is 13.2. The molecule has 1 amide bonds. The predicted octanol–water partition coefficient (Wildman–Crippen LogP) is 3.92. The van der Waals surface area contributed by atoms with Crippen molar-refractivity contribution in [1.29, 1.82) is 0 Å². The van der Waals surface area contributed by atoms with Crippen molar-refractivity contribution in [1.82, 2.24) is 5.32 Å². The first-order valence-electron chi connectivity index (χ1n) is 9.20. The molecule has 1 aliphatic rings. The smallest absolute Gasteiger partial charge is 0.287 e. The van der Waals surface area contributed by atoms with Crippen LogP contribution in [-0.4, -0.2) is 32.8 Å². The minimum absolute atomic E-state index is 0.202. The quantitative estimate of drug-likeness (QED) is 0.744. The van der Waals surface area contributed by atoms with Crippen LogP contribution in [0.3, 0.4) is 0 Å². The first-order valence-corrected chi connectivity index (χ1v) is 9.20. The molecule has 0 unspecified atom stereocenters. The molecule has 1 aromatic heterocycles. The summed E-state index contributed by atoms with van der Waals surface area (Å²) in [6.07, 6.45) is 1.65. The van der Waals surface area contributed by atoms with Crippen LogP contribution in [0.1, 0.15) is 29.0 Å². The van der Waals surface area contributed by atoms with Crippen molar-refractivity contribution in [3.8, 4) is 5.75 Å². The van der Waals surface area contributed by atoms with Crippen LogP contribution in [0.25, 0.3) is 11.0 Å². The number of nitrogens with one attached hydrogen (secondary N) is 1. The Morgan fingerprint density at radius 2 is 1.85 bits per heavy atom. The maximum Gasteiger partial charge on any atom is 0.287 e. The summed E-state index contributed by atoms with van der Waals surface area (Å²) < 4.78 is 16.9. The fraction of sp³-hybridized carbons (Fsp3) is 0.318. The lowest BCUT2D eigenvalue weighted by Gasteiger charge is -2.38. The molecule has 27 heavy (non-hydrogen) atoms. The SMILES string of the molecule is COc1ccccc1C1(CNC(=O)c2cc3ccccc3o2)CCOCC1. The highest BCUT2D eigenvalue weighted by Crippen LogP contribution is 2.39. The van der Waals surface area contributed by atoms with Gasteiger partial charge in [-0.3, -0.25) is 4.79 Å². The molecule has 1 aliphatic heterocycles. The standard InChI is InChI=1S/C22H23NO4/c1-25-19-9-5-3-7-17(19)22(10-12-26-13-11-22)15-23-21(24)20-14-16-6-2-4-8-18(16)27-20/h2-9,14H,10-13,15H2,1H3,(H,23,24). The molecule has 4 rings (SSSR count). The zero-order valence-electron chi connectivity index (χ0n) is 15.4. The molecule has 0 bridgehead atoms. The number of hydrogen-bond acceptors (Lipinski definition) is 4. The Bertz CT molecular complexity index is 907. The van der Waals surface area contributed by atoms with Gasteiger partial charge in [0.1, 0.15) is 11.3 Å². The molecule has 1 fully saturated rings. The third-order valence-electron chi connectivity index (χ3n) is 5.36. The van der Waals surface area contributed by atoms with Crippen molar-refractivity contribution in [3.05, 3.63) is 65.9 Å². The fourth-order valence-corrected chi connectivity index (χ4v) is 3.82. The Labute approximate surface area is 158 Å². The minimum atomic E-state index is -0.216. The van der Waals surface area contributed by atoms with Crippen LogP contribution < -0.4 is 10.1 Å². The second kappa shape index (κ2) is 7.45. The second-order valence-electron chi connectivity index (χ2n) is 6.92. The van der Waals surface area contributed by atoms with Crippen LogP contribution in [0.2, 0.25) is 0 Å². The van der Waals surface area contributed by atoms with Gasteiger partial charge < -0.3 is 19.2 Å². The monoisotopic (exact) mass is 365 g/mol. The highest BCUT2D eigenvalue weighted by atomic mass is 16.5. The third-order valence-corrected chi connectivity index (χ3v) is 5.36. The Kier molecular flexibility index (Phi) is 4.86. The number of hydrogen-bond donors (Lipinski definition) is 1. The number of carbonyl (C=O) groups excluding carboxylic acids is 1. The largest absolute Gasteiger partial charge is 0.496 e. The van der Waals surface area contributed by atoms with Gasteiger partial charge in [0.2, 0.25) is 0 Å². The van der Waals surface area contributed by atoms with Crippen LogP contribution in [-0.2, 0) is 10.2 Å². The topological polar surface area (TPSA) is 60.7 Å². The molecule has 140 valence electrons. The lowest BCUT2D eigenvalue weighted by atomic mass is 9.73. The van der Waals surface area contributed by atoms with Gasteiger partial charge in [-0.15, -0.1) is 0 Å². The fourth-order valence-electron chi connectivity index (χ4n) is 3.82. The van der Waals surface area contributed by atoms with Crippen molar-refractivity contribution in [2.24, 2.45) is 0 Å². The number of furan rings is 1. The van der Waals surface area contributed by atoms with Crippen LogP contribution >= 0.6 is 0 Å². The average molecular weight is 365 g/mol. The molecule has 0 aliphatic carbocycles. The maximum atomic E-state index is 12.7. The van der Waals surface area contributed by atoms with E-state index in [2.05, 4.69) is 11.4 Å². The summed E-state index contributed by atoms with van der Waals surface area (Å²) in [7, 11) is 1.68. The number of fused-ring (bicyclic) bond motifs is 1. The summed E-state index contributed by atoms with van der Waals surface area (Å²) in [4.78, 5) is 12.7. The van der Waals surface area contributed by atoms with E-state index in [1.165, 1.54) is 0 Å². The molecule has 3 aromatic rings. The van der Waals surface area contributed by atoms with Gasteiger partial charge in [-0.25, -0.2) is 0 Å². The van der Waals surface area contributed by atoms with E-state index >= 15 is 0 Å². The number of amides is 1. The number of ether oxygens (including phenoxy) is 2. The van der Waals surface area contributed by atoms with Crippen molar-refractivity contribution < 1.29 is 18.7 Å². The van der Waals surface area contributed by atoms with E-state index in [4.69, 9.17) is 13.9 Å². The number of rotatable bonds is 5. The van der Waals surface area contributed by atoms with E-state index in [0.29, 0.717) is 31.1 Å². The van der Waals surface area contributed by atoms with Gasteiger partial charge in [0.05, 0.1) is 7.11 Å². The number of para-hydroxylation sites is 2. The van der Waals surface area contributed by atoms with Gasteiger partial charge in [-0.2, -0.15) is 0 Å². The summed E-state index contributed by atoms with van der Waals surface area (Å²) in [5, 5.41) is 4.00. The third kappa shape index (κ3) is 3.43. The summed E-state index contributed by atoms with van der Waals surface area (Å²) >= 11 is 0. The van der Waals surface area contributed by atoms with Gasteiger partial charge in [0.15, 0.2) is 5.76 Å². The van der Waals surface area contributed by atoms with Crippen molar-refractivity contribution >= 4 is 16.9 Å². The van der Waals surface area contributed by atoms with Crippen LogP contribution in [0.4, 0.5) is 0 Å². The van der Waals surface area contributed by atoms with Gasteiger partial charge in [0.25, 0.3) is 5.91 Å². The highest BCUT2D eigenvalue weighted by Gasteiger charge is 2.37. The Morgan fingerprint density at radius 1 is 1.11 bits per heavy atom. The lowest BCUT2D eigenvalue weighted by molar-refractivity contribution is 0.0476. The van der Waals surface area contributed by atoms with Crippen LogP contribution in [0.15, 0.2) is 59.0 Å².